The third-order valence-electron chi connectivity index (χ3n) is 1.10. The molecule has 10 heteroatoms. The molecule has 66 valence electrons. The zero-order chi connectivity index (χ0) is 8.55. The maximum absolute atomic E-state index is 10.8. The fourth-order valence-corrected chi connectivity index (χ4v) is 1.90. The highest BCUT2D eigenvalue weighted by atomic mass is 31.1. The quantitative estimate of drug-likeness (QED) is 0.544. The highest BCUT2D eigenvalue weighted by molar-refractivity contribution is 7.34. The Balaban J connectivity index is 2.17. The molecular formula is C2H4N2O6P2+2. The molecule has 2 rings (SSSR count). The Hall–Kier alpha value is -0.0400. The maximum Gasteiger partial charge on any atom is 0.740 e. The molecule has 0 spiro atoms. The van der Waals surface area contributed by atoms with Gasteiger partial charge in [-0.25, -0.2) is 0 Å². The van der Waals surface area contributed by atoms with E-state index in [-0.39, 0.29) is 13.1 Å². The minimum Gasteiger partial charge on any atom is 0.0126 e. The molecule has 2 heterocycles. The first kappa shape index (κ1) is 8.55. The van der Waals surface area contributed by atoms with E-state index in [0.717, 1.165) is 10.5 Å². The first-order chi connectivity index (χ1) is 5.74. The molecule has 8 nitrogen and oxygen atoms in total. The Morgan fingerprint density at radius 3 is 1.50 bits per heavy atom. The molecule has 0 radical (unpaired) electrons. The number of nitrogens with zero attached hydrogens (tertiary/aromatic N) is 2. The van der Waals surface area contributed by atoms with Gasteiger partial charge in [-0.2, -0.15) is 0 Å². The molecule has 2 saturated heterocycles. The van der Waals surface area contributed by atoms with Crippen LogP contribution in [0.2, 0.25) is 0 Å². The van der Waals surface area contributed by atoms with E-state index in [2.05, 4.69) is 18.5 Å². The number of rotatable bonds is 0. The first-order valence-electron chi connectivity index (χ1n) is 2.96. The lowest BCUT2D eigenvalue weighted by Crippen LogP contribution is -2.22. The molecule has 0 aromatic heterocycles. The fourth-order valence-electron chi connectivity index (χ4n) is 0.684. The summed E-state index contributed by atoms with van der Waals surface area (Å²) in [6.45, 7) is 0.476. The van der Waals surface area contributed by atoms with Crippen molar-refractivity contribution in [2.75, 3.05) is 13.1 Å². The molecule has 2 bridgehead atoms. The third-order valence-corrected chi connectivity index (χ3v) is 2.36. The first-order valence-corrected chi connectivity index (χ1v) is 5.15. The second kappa shape index (κ2) is 3.37. The summed E-state index contributed by atoms with van der Waals surface area (Å²) in [4.78, 5) is 0. The predicted molar refractivity (Wildman–Crippen MR) is 33.0 cm³/mol. The van der Waals surface area contributed by atoms with Crippen molar-refractivity contribution in [2.45, 2.75) is 0 Å². The number of fused-ring (bicyclic) bond motifs is 3. The highest BCUT2D eigenvalue weighted by Gasteiger charge is 2.49. The van der Waals surface area contributed by atoms with Gasteiger partial charge in [0, 0.05) is 38.1 Å². The molecule has 0 unspecified atom stereocenters. The highest BCUT2D eigenvalue weighted by Crippen LogP contribution is 2.40. The molecule has 0 aromatic rings. The maximum atomic E-state index is 10.8. The van der Waals surface area contributed by atoms with E-state index in [0.29, 0.717) is 0 Å². The van der Waals surface area contributed by atoms with Crippen LogP contribution in [-0.2, 0) is 27.6 Å². The van der Waals surface area contributed by atoms with Crippen LogP contribution in [0, 0.1) is 0 Å². The smallest absolute Gasteiger partial charge is 0.0126 e. The van der Waals surface area contributed by atoms with Crippen LogP contribution in [0.15, 0.2) is 0 Å². The van der Waals surface area contributed by atoms with Gasteiger partial charge in [0.15, 0.2) is 0 Å². The summed E-state index contributed by atoms with van der Waals surface area (Å²) in [7, 11) is -4.69. The lowest BCUT2D eigenvalue weighted by Gasteiger charge is -1.98. The van der Waals surface area contributed by atoms with Gasteiger partial charge in [0.05, 0.1) is 13.1 Å². The topological polar surface area (TPSA) is 77.5 Å². The predicted octanol–water partition coefficient (Wildman–Crippen LogP) is 0.659. The fraction of sp³-hybridized carbons (Fsp3) is 1.00. The molecule has 2 fully saturated rings. The number of hydroxylamine groups is 4. The second-order valence-electron chi connectivity index (χ2n) is 1.89. The molecule has 0 amide bonds. The van der Waals surface area contributed by atoms with Crippen molar-refractivity contribution in [3.63, 3.8) is 0 Å². The number of hydrogen-bond donors (Lipinski definition) is 0. The minimum absolute atomic E-state index is 0.238. The van der Waals surface area contributed by atoms with Crippen LogP contribution in [-0.4, -0.2) is 23.5 Å². The van der Waals surface area contributed by atoms with Crippen molar-refractivity contribution in [1.29, 1.82) is 0 Å². The Labute approximate surface area is 68.6 Å². The van der Waals surface area contributed by atoms with E-state index in [1.165, 1.54) is 0 Å². The molecule has 0 aliphatic carbocycles. The summed E-state index contributed by atoms with van der Waals surface area (Å²) in [6, 6.07) is 0. The molecule has 0 atom stereocenters. The lowest BCUT2D eigenvalue weighted by molar-refractivity contribution is -0.280. The van der Waals surface area contributed by atoms with Crippen LogP contribution in [0.1, 0.15) is 0 Å². The summed E-state index contributed by atoms with van der Waals surface area (Å²) < 4.78 is 39.7. The van der Waals surface area contributed by atoms with E-state index < -0.39 is 16.5 Å². The molecule has 0 N–H and O–H groups in total. The van der Waals surface area contributed by atoms with Crippen LogP contribution in [0.25, 0.3) is 0 Å². The standard InChI is InChI=1S/C2H4N2O6P2/c5-11-7-3-1-2-4(9-11)10-12(6)8-3/h1-2H2/q+2. The molecule has 0 saturated carbocycles. The molecule has 2 aliphatic rings. The van der Waals surface area contributed by atoms with Crippen molar-refractivity contribution in [2.24, 2.45) is 0 Å². The van der Waals surface area contributed by atoms with E-state index >= 15 is 0 Å². The van der Waals surface area contributed by atoms with E-state index in [9.17, 15) is 9.13 Å². The van der Waals surface area contributed by atoms with Gasteiger partial charge in [0.2, 0.25) is 0 Å². The van der Waals surface area contributed by atoms with Gasteiger partial charge >= 0.3 is 16.5 Å². The Bertz CT molecular complexity index is 194. The average Bonchev–Trinajstić information content (AvgIpc) is 2.18. The van der Waals surface area contributed by atoms with Crippen LogP contribution >= 0.6 is 16.5 Å². The second-order valence-corrected chi connectivity index (χ2v) is 3.43. The monoisotopic (exact) mass is 214 g/mol. The summed E-state index contributed by atoms with van der Waals surface area (Å²) in [5, 5.41) is 1.65. The summed E-state index contributed by atoms with van der Waals surface area (Å²) in [6.07, 6.45) is 0. The molecule has 12 heavy (non-hydrogen) atoms. The van der Waals surface area contributed by atoms with Crippen molar-refractivity contribution in [1.82, 2.24) is 10.5 Å². The molecular weight excluding hydrogens is 210 g/mol. The van der Waals surface area contributed by atoms with Gasteiger partial charge in [0.1, 0.15) is 0 Å². The molecule has 2 aliphatic heterocycles. The zero-order valence-corrected chi connectivity index (χ0v) is 7.44. The Kier molecular flexibility index (Phi) is 2.40. The van der Waals surface area contributed by atoms with Crippen LogP contribution in [0.5, 0.6) is 0 Å². The van der Waals surface area contributed by atoms with Gasteiger partial charge in [-0.15, -0.1) is 0 Å². The van der Waals surface area contributed by atoms with Crippen molar-refractivity contribution in [3.05, 3.63) is 0 Å². The minimum atomic E-state index is -2.35. The van der Waals surface area contributed by atoms with E-state index in [1.54, 1.807) is 0 Å². The number of hydrogen-bond acceptors (Lipinski definition) is 8. The van der Waals surface area contributed by atoms with Crippen LogP contribution < -0.4 is 0 Å². The van der Waals surface area contributed by atoms with Crippen LogP contribution in [0.3, 0.4) is 0 Å². The van der Waals surface area contributed by atoms with Gasteiger partial charge in [-0.1, -0.05) is 0 Å². The van der Waals surface area contributed by atoms with Crippen molar-refractivity contribution in [3.8, 4) is 0 Å². The lowest BCUT2D eigenvalue weighted by atomic mass is 10.7. The summed E-state index contributed by atoms with van der Waals surface area (Å²) in [5.74, 6) is 0. The van der Waals surface area contributed by atoms with Crippen molar-refractivity contribution >= 4 is 16.5 Å². The van der Waals surface area contributed by atoms with Gasteiger partial charge in [-0.3, -0.25) is 0 Å². The van der Waals surface area contributed by atoms with Crippen molar-refractivity contribution < 1.29 is 27.6 Å². The van der Waals surface area contributed by atoms with E-state index in [4.69, 9.17) is 0 Å². The Morgan fingerprint density at radius 2 is 1.17 bits per heavy atom. The SMILES string of the molecule is O=[P+]1ON2CCN(O1)O[P+](=O)O2. The Morgan fingerprint density at radius 1 is 0.833 bits per heavy atom. The summed E-state index contributed by atoms with van der Waals surface area (Å²) >= 11 is 0. The van der Waals surface area contributed by atoms with Gasteiger partial charge in [-0.05, 0) is 0 Å². The summed E-state index contributed by atoms with van der Waals surface area (Å²) in [5.41, 5.74) is 0. The molecule has 0 aromatic carbocycles. The van der Waals surface area contributed by atoms with E-state index in [1.807, 2.05) is 0 Å². The van der Waals surface area contributed by atoms with Gasteiger partial charge in [0.25, 0.3) is 0 Å². The van der Waals surface area contributed by atoms with Gasteiger partial charge < -0.3 is 0 Å². The zero-order valence-electron chi connectivity index (χ0n) is 5.65. The van der Waals surface area contributed by atoms with Crippen LogP contribution in [0.4, 0.5) is 0 Å². The average molecular weight is 214 g/mol. The third kappa shape index (κ3) is 1.82. The largest absolute Gasteiger partial charge is 0.740 e. The normalized spacial score (nSPS) is 42.3.